The second kappa shape index (κ2) is 8.41. The molecule has 5 nitrogen and oxygen atoms in total. The average Bonchev–Trinajstić information content (AvgIpc) is 2.39. The fourth-order valence-corrected chi connectivity index (χ4v) is 2.54. The SMILES string of the molecule is CC(O)CC(C)(C)CNC(=O)Nc1cccc(Cl)c1OC(C)C. The number of carbonyl (C=O) groups is 1. The molecule has 1 aromatic rings. The summed E-state index contributed by atoms with van der Waals surface area (Å²) in [6.45, 7) is 9.96. The summed E-state index contributed by atoms with van der Waals surface area (Å²) in [6.07, 6.45) is 0.143. The van der Waals surface area contributed by atoms with Gasteiger partial charge in [0.05, 0.1) is 22.9 Å². The number of carbonyl (C=O) groups excluding carboxylic acids is 1. The fraction of sp³-hybridized carbons (Fsp3) is 0.588. The van der Waals surface area contributed by atoms with Gasteiger partial charge in [-0.25, -0.2) is 4.79 Å². The Bertz CT molecular complexity index is 531. The van der Waals surface area contributed by atoms with Crippen molar-refractivity contribution in [3.05, 3.63) is 23.2 Å². The van der Waals surface area contributed by atoms with E-state index < -0.39 is 6.10 Å². The van der Waals surface area contributed by atoms with Crippen molar-refractivity contribution in [3.8, 4) is 5.75 Å². The first-order valence-electron chi connectivity index (χ1n) is 7.79. The summed E-state index contributed by atoms with van der Waals surface area (Å²) >= 11 is 6.14. The molecule has 0 aliphatic heterocycles. The molecule has 1 unspecified atom stereocenters. The van der Waals surface area contributed by atoms with E-state index in [-0.39, 0.29) is 17.6 Å². The van der Waals surface area contributed by atoms with Gasteiger partial charge in [0, 0.05) is 6.54 Å². The predicted molar refractivity (Wildman–Crippen MR) is 94.3 cm³/mol. The molecule has 130 valence electrons. The highest BCUT2D eigenvalue weighted by atomic mass is 35.5. The molecule has 1 aromatic carbocycles. The molecule has 6 heteroatoms. The molecule has 2 amide bonds. The number of aliphatic hydroxyl groups is 1. The van der Waals surface area contributed by atoms with Crippen LogP contribution >= 0.6 is 11.6 Å². The number of nitrogens with one attached hydrogen (secondary N) is 2. The third-order valence-electron chi connectivity index (χ3n) is 3.14. The van der Waals surface area contributed by atoms with Crippen LogP contribution in [-0.2, 0) is 0 Å². The number of hydrogen-bond acceptors (Lipinski definition) is 3. The molecular weight excluding hydrogens is 316 g/mol. The maximum atomic E-state index is 12.1. The van der Waals surface area contributed by atoms with E-state index in [1.165, 1.54) is 0 Å². The molecule has 1 rings (SSSR count). The van der Waals surface area contributed by atoms with E-state index in [1.807, 2.05) is 27.7 Å². The highest BCUT2D eigenvalue weighted by Gasteiger charge is 2.21. The van der Waals surface area contributed by atoms with Crippen molar-refractivity contribution >= 4 is 23.3 Å². The lowest BCUT2D eigenvalue weighted by molar-refractivity contribution is 0.129. The Hall–Kier alpha value is -1.46. The van der Waals surface area contributed by atoms with Crippen molar-refractivity contribution in [1.29, 1.82) is 0 Å². The van der Waals surface area contributed by atoms with E-state index in [9.17, 15) is 9.90 Å². The van der Waals surface area contributed by atoms with Gasteiger partial charge in [0.25, 0.3) is 0 Å². The highest BCUT2D eigenvalue weighted by molar-refractivity contribution is 6.32. The summed E-state index contributed by atoms with van der Waals surface area (Å²) in [6, 6.07) is 4.88. The summed E-state index contributed by atoms with van der Waals surface area (Å²) in [5.41, 5.74) is 0.328. The first-order chi connectivity index (χ1) is 10.6. The van der Waals surface area contributed by atoms with Crippen molar-refractivity contribution in [1.82, 2.24) is 5.32 Å². The molecule has 0 saturated carbocycles. The molecule has 0 radical (unpaired) electrons. The molecule has 23 heavy (non-hydrogen) atoms. The molecule has 0 fully saturated rings. The Kier molecular flexibility index (Phi) is 7.16. The Labute approximate surface area is 143 Å². The average molecular weight is 343 g/mol. The molecule has 0 saturated heterocycles. The minimum absolute atomic E-state index is 0.0523. The van der Waals surface area contributed by atoms with Crippen molar-refractivity contribution in [2.75, 3.05) is 11.9 Å². The summed E-state index contributed by atoms with van der Waals surface area (Å²) in [4.78, 5) is 12.1. The van der Waals surface area contributed by atoms with Crippen LogP contribution in [0.15, 0.2) is 18.2 Å². The van der Waals surface area contributed by atoms with Crippen molar-refractivity contribution in [3.63, 3.8) is 0 Å². The topological polar surface area (TPSA) is 70.6 Å². The molecular formula is C17H27ClN2O3. The van der Waals surface area contributed by atoms with Crippen LogP contribution in [0.2, 0.25) is 5.02 Å². The molecule has 0 bridgehead atoms. The van der Waals surface area contributed by atoms with E-state index in [0.29, 0.717) is 29.4 Å². The highest BCUT2D eigenvalue weighted by Crippen LogP contribution is 2.33. The number of para-hydroxylation sites is 1. The van der Waals surface area contributed by atoms with E-state index >= 15 is 0 Å². The molecule has 0 aliphatic carbocycles. The number of ether oxygens (including phenoxy) is 1. The van der Waals surface area contributed by atoms with E-state index in [2.05, 4.69) is 10.6 Å². The third-order valence-corrected chi connectivity index (χ3v) is 3.44. The van der Waals surface area contributed by atoms with Gasteiger partial charge in [-0.2, -0.15) is 0 Å². The predicted octanol–water partition coefficient (Wildman–Crippen LogP) is 4.05. The second-order valence-corrected chi connectivity index (χ2v) is 7.22. The van der Waals surface area contributed by atoms with Crippen molar-refractivity contribution in [2.45, 2.75) is 53.2 Å². The number of benzene rings is 1. The van der Waals surface area contributed by atoms with Gasteiger partial charge >= 0.3 is 6.03 Å². The van der Waals surface area contributed by atoms with Gasteiger partial charge in [-0.1, -0.05) is 31.5 Å². The lowest BCUT2D eigenvalue weighted by Gasteiger charge is -2.26. The molecule has 3 N–H and O–H groups in total. The Balaban J connectivity index is 2.69. The number of hydrogen-bond donors (Lipinski definition) is 3. The molecule has 0 heterocycles. The quantitative estimate of drug-likeness (QED) is 0.700. The standard InChI is InChI=1S/C17H27ClN2O3/c1-11(2)23-15-13(18)7-6-8-14(15)20-16(22)19-10-17(4,5)9-12(3)21/h6-8,11-12,21H,9-10H2,1-5H3,(H2,19,20,22). The van der Waals surface area contributed by atoms with Crippen LogP contribution in [0.3, 0.4) is 0 Å². The lowest BCUT2D eigenvalue weighted by atomic mass is 9.87. The Morgan fingerprint density at radius 2 is 2.00 bits per heavy atom. The van der Waals surface area contributed by atoms with Gasteiger partial charge in [0.1, 0.15) is 0 Å². The summed E-state index contributed by atoms with van der Waals surface area (Å²) in [7, 11) is 0. The smallest absolute Gasteiger partial charge is 0.319 e. The van der Waals surface area contributed by atoms with Crippen LogP contribution in [0.4, 0.5) is 10.5 Å². The summed E-state index contributed by atoms with van der Waals surface area (Å²) < 4.78 is 5.67. The molecule has 1 atom stereocenters. The largest absolute Gasteiger partial charge is 0.487 e. The Morgan fingerprint density at radius 3 is 2.57 bits per heavy atom. The van der Waals surface area contributed by atoms with Gasteiger partial charge in [-0.05, 0) is 44.7 Å². The van der Waals surface area contributed by atoms with Gasteiger partial charge in [0.2, 0.25) is 0 Å². The zero-order valence-electron chi connectivity index (χ0n) is 14.4. The lowest BCUT2D eigenvalue weighted by Crippen LogP contribution is -2.38. The van der Waals surface area contributed by atoms with Crippen LogP contribution in [0.5, 0.6) is 5.75 Å². The third kappa shape index (κ3) is 7.10. The number of amides is 2. The maximum absolute atomic E-state index is 12.1. The summed E-state index contributed by atoms with van der Waals surface area (Å²) in [5, 5.41) is 15.5. The van der Waals surface area contributed by atoms with Crippen molar-refractivity contribution < 1.29 is 14.6 Å². The second-order valence-electron chi connectivity index (χ2n) is 6.81. The summed E-state index contributed by atoms with van der Waals surface area (Å²) in [5.74, 6) is 0.461. The zero-order chi connectivity index (χ0) is 17.6. The van der Waals surface area contributed by atoms with Crippen LogP contribution < -0.4 is 15.4 Å². The minimum atomic E-state index is -0.408. The number of halogens is 1. The van der Waals surface area contributed by atoms with Gasteiger partial charge < -0.3 is 20.5 Å². The number of urea groups is 1. The Morgan fingerprint density at radius 1 is 1.35 bits per heavy atom. The minimum Gasteiger partial charge on any atom is -0.487 e. The molecule has 0 aliphatic rings. The van der Waals surface area contributed by atoms with E-state index in [0.717, 1.165) is 0 Å². The monoisotopic (exact) mass is 342 g/mol. The fourth-order valence-electron chi connectivity index (χ4n) is 2.32. The van der Waals surface area contributed by atoms with E-state index in [4.69, 9.17) is 16.3 Å². The molecule has 0 spiro atoms. The van der Waals surface area contributed by atoms with Crippen LogP contribution in [-0.4, -0.2) is 29.9 Å². The number of anilines is 1. The normalized spacial score (nSPS) is 12.9. The van der Waals surface area contributed by atoms with Crippen LogP contribution in [0, 0.1) is 5.41 Å². The first-order valence-corrected chi connectivity index (χ1v) is 8.16. The van der Waals surface area contributed by atoms with E-state index in [1.54, 1.807) is 25.1 Å². The number of rotatable bonds is 7. The molecule has 0 aromatic heterocycles. The van der Waals surface area contributed by atoms with Gasteiger partial charge in [0.15, 0.2) is 5.75 Å². The first kappa shape index (κ1) is 19.6. The van der Waals surface area contributed by atoms with Gasteiger partial charge in [-0.3, -0.25) is 0 Å². The van der Waals surface area contributed by atoms with Crippen LogP contribution in [0.1, 0.15) is 41.0 Å². The van der Waals surface area contributed by atoms with Crippen molar-refractivity contribution in [2.24, 2.45) is 5.41 Å². The number of aliphatic hydroxyl groups excluding tert-OH is 1. The van der Waals surface area contributed by atoms with Gasteiger partial charge in [-0.15, -0.1) is 0 Å². The zero-order valence-corrected chi connectivity index (χ0v) is 15.2. The van der Waals surface area contributed by atoms with Crippen LogP contribution in [0.25, 0.3) is 0 Å². The maximum Gasteiger partial charge on any atom is 0.319 e.